The number of benzene rings is 3. The van der Waals surface area contributed by atoms with Gasteiger partial charge in [-0.05, 0) is 48.5 Å². The molecule has 35 heavy (non-hydrogen) atoms. The van der Waals surface area contributed by atoms with Crippen molar-refractivity contribution in [3.63, 3.8) is 0 Å². The summed E-state index contributed by atoms with van der Waals surface area (Å²) in [5, 5.41) is 2.61. The molecule has 1 N–H and O–H groups in total. The lowest BCUT2D eigenvalue weighted by Gasteiger charge is -2.26. The normalized spacial score (nSPS) is 13.7. The van der Waals surface area contributed by atoms with Gasteiger partial charge in [-0.1, -0.05) is 40.9 Å². The molecule has 2 amide bonds. The first-order chi connectivity index (χ1) is 16.9. The molecule has 0 unspecified atom stereocenters. The lowest BCUT2D eigenvalue weighted by molar-refractivity contribution is -0.129. The molecule has 3 aromatic carbocycles. The topological polar surface area (TPSA) is 96.0 Å². The molecule has 0 bridgehead atoms. The lowest BCUT2D eigenvalue weighted by Crippen LogP contribution is -2.43. The highest BCUT2D eigenvalue weighted by Crippen LogP contribution is 2.26. The van der Waals surface area contributed by atoms with Crippen molar-refractivity contribution >= 4 is 39.3 Å². The summed E-state index contributed by atoms with van der Waals surface area (Å²) in [7, 11) is -4.12. The number of nitrogens with one attached hydrogen (secondary N) is 1. The molecule has 0 spiro atoms. The van der Waals surface area contributed by atoms with Crippen molar-refractivity contribution in [3.8, 4) is 5.75 Å². The monoisotopic (exact) mass is 511 g/mol. The Morgan fingerprint density at radius 3 is 2.11 bits per heavy atom. The third-order valence-electron chi connectivity index (χ3n) is 5.30. The zero-order chi connectivity index (χ0) is 24.7. The van der Waals surface area contributed by atoms with Gasteiger partial charge < -0.3 is 15.1 Å². The van der Waals surface area contributed by atoms with Gasteiger partial charge in [0.15, 0.2) is 5.75 Å². The summed E-state index contributed by atoms with van der Waals surface area (Å²) in [6.45, 7) is 1.25. The Kier molecular flexibility index (Phi) is 7.94. The molecular formula is C25H25N3O5S2. The van der Waals surface area contributed by atoms with E-state index in [1.54, 1.807) is 77.3 Å². The largest absolute Gasteiger partial charge is 0.364 e. The number of para-hydroxylation sites is 2. The van der Waals surface area contributed by atoms with E-state index in [0.717, 1.165) is 16.0 Å². The van der Waals surface area contributed by atoms with Crippen LogP contribution in [0.25, 0.3) is 0 Å². The van der Waals surface area contributed by atoms with Crippen LogP contribution in [0.5, 0.6) is 5.75 Å². The molecule has 1 aliphatic rings. The molecule has 0 aliphatic carbocycles. The lowest BCUT2D eigenvalue weighted by atomic mass is 10.2. The van der Waals surface area contributed by atoms with Crippen LogP contribution in [-0.2, 0) is 14.8 Å². The Morgan fingerprint density at radius 1 is 0.886 bits per heavy atom. The minimum absolute atomic E-state index is 0.0456. The van der Waals surface area contributed by atoms with Crippen molar-refractivity contribution < 1.29 is 22.8 Å². The van der Waals surface area contributed by atoms with Gasteiger partial charge in [-0.25, -0.2) is 0 Å². The van der Waals surface area contributed by atoms with E-state index >= 15 is 0 Å². The second-order valence-corrected chi connectivity index (χ2v) is 10.7. The van der Waals surface area contributed by atoms with E-state index in [1.165, 1.54) is 24.3 Å². The zero-order valence-corrected chi connectivity index (χ0v) is 20.5. The van der Waals surface area contributed by atoms with Gasteiger partial charge in [0.25, 0.3) is 15.9 Å². The molecule has 1 heterocycles. The molecule has 1 saturated heterocycles. The number of hydrogen-bond acceptors (Lipinski definition) is 6. The number of carbonyl (C=O) groups is 2. The molecule has 1 aliphatic heterocycles. The first-order valence-corrected chi connectivity index (χ1v) is 13.6. The Balaban J connectivity index is 1.48. The first kappa shape index (κ1) is 24.6. The van der Waals surface area contributed by atoms with Crippen molar-refractivity contribution in [2.24, 2.45) is 0 Å². The van der Waals surface area contributed by atoms with Gasteiger partial charge in [0.05, 0.1) is 17.1 Å². The van der Waals surface area contributed by atoms with Crippen LogP contribution in [0.2, 0.25) is 0 Å². The Hall–Kier alpha value is -3.50. The molecule has 8 nitrogen and oxygen atoms in total. The van der Waals surface area contributed by atoms with E-state index in [1.807, 2.05) is 0 Å². The van der Waals surface area contributed by atoms with E-state index in [9.17, 15) is 18.0 Å². The Morgan fingerprint density at radius 2 is 1.49 bits per heavy atom. The van der Waals surface area contributed by atoms with E-state index in [-0.39, 0.29) is 22.9 Å². The molecular weight excluding hydrogens is 486 g/mol. The van der Waals surface area contributed by atoms with E-state index in [2.05, 4.69) is 5.32 Å². The molecule has 4 rings (SSSR count). The maximum absolute atomic E-state index is 13.5. The van der Waals surface area contributed by atoms with Crippen LogP contribution >= 0.6 is 11.8 Å². The molecule has 10 heteroatoms. The van der Waals surface area contributed by atoms with Gasteiger partial charge in [0, 0.05) is 30.2 Å². The number of amides is 2. The molecule has 0 radical (unpaired) electrons. The molecule has 0 atom stereocenters. The summed E-state index contributed by atoms with van der Waals surface area (Å²) in [5.74, 6) is 1.56. The van der Waals surface area contributed by atoms with Gasteiger partial charge in [-0.2, -0.15) is 20.2 Å². The number of sulfonamides is 1. The molecule has 182 valence electrons. The quantitative estimate of drug-likeness (QED) is 0.467. The number of thioether (sulfide) groups is 1. The van der Waals surface area contributed by atoms with Crippen molar-refractivity contribution in [3.05, 3.63) is 90.5 Å². The second kappa shape index (κ2) is 11.3. The Labute approximate surface area is 208 Å². The van der Waals surface area contributed by atoms with Crippen LogP contribution in [0.4, 0.5) is 5.69 Å². The average molecular weight is 512 g/mol. The third-order valence-corrected chi connectivity index (χ3v) is 7.83. The molecule has 3 aromatic rings. The van der Waals surface area contributed by atoms with Crippen LogP contribution in [0.3, 0.4) is 0 Å². The van der Waals surface area contributed by atoms with Gasteiger partial charge in [0.1, 0.15) is 0 Å². The zero-order valence-electron chi connectivity index (χ0n) is 18.9. The highest BCUT2D eigenvalue weighted by atomic mass is 32.2. The van der Waals surface area contributed by atoms with Gasteiger partial charge in [0.2, 0.25) is 5.91 Å². The number of rotatable bonds is 8. The van der Waals surface area contributed by atoms with E-state index in [4.69, 9.17) is 4.84 Å². The van der Waals surface area contributed by atoms with E-state index < -0.39 is 15.9 Å². The van der Waals surface area contributed by atoms with Crippen molar-refractivity contribution in [1.29, 1.82) is 0 Å². The summed E-state index contributed by atoms with van der Waals surface area (Å²) >= 11 is 1.80. The van der Waals surface area contributed by atoms with Crippen LogP contribution in [0.15, 0.2) is 89.8 Å². The summed E-state index contributed by atoms with van der Waals surface area (Å²) in [4.78, 5) is 32.2. The summed E-state index contributed by atoms with van der Waals surface area (Å²) < 4.78 is 27.8. The summed E-state index contributed by atoms with van der Waals surface area (Å²) in [5.41, 5.74) is 0.578. The standard InChI is InChI=1S/C25H25N3O5S2/c29-24(27-15-17-34-18-16-27)19-26-25(30)20-11-13-23(14-12-20)35(31,32)28(21-7-3-1-4-8-21)33-22-9-5-2-6-10-22/h1-14H,15-19H2,(H,26,30). The fourth-order valence-electron chi connectivity index (χ4n) is 3.42. The van der Waals surface area contributed by atoms with Crippen LogP contribution < -0.4 is 14.6 Å². The molecule has 0 aromatic heterocycles. The summed E-state index contributed by atoms with van der Waals surface area (Å²) in [6, 6.07) is 22.6. The van der Waals surface area contributed by atoms with E-state index in [0.29, 0.717) is 24.5 Å². The van der Waals surface area contributed by atoms with Gasteiger partial charge >= 0.3 is 0 Å². The van der Waals surface area contributed by atoms with Gasteiger partial charge in [-0.3, -0.25) is 9.59 Å². The van der Waals surface area contributed by atoms with Crippen molar-refractivity contribution in [2.45, 2.75) is 4.90 Å². The predicted octanol–water partition coefficient (Wildman–Crippen LogP) is 3.18. The highest BCUT2D eigenvalue weighted by Gasteiger charge is 2.28. The maximum Gasteiger partial charge on any atom is 0.295 e. The molecule has 0 saturated carbocycles. The first-order valence-electron chi connectivity index (χ1n) is 11.0. The number of anilines is 1. The predicted molar refractivity (Wildman–Crippen MR) is 136 cm³/mol. The van der Waals surface area contributed by atoms with Crippen LogP contribution in [0, 0.1) is 0 Å². The number of nitrogens with zero attached hydrogens (tertiary/aromatic N) is 2. The van der Waals surface area contributed by atoms with Crippen molar-refractivity contribution in [1.82, 2.24) is 10.2 Å². The SMILES string of the molecule is O=C(NCC(=O)N1CCSCC1)c1ccc(S(=O)(=O)N(Oc2ccccc2)c2ccccc2)cc1. The third kappa shape index (κ3) is 6.14. The minimum atomic E-state index is -4.12. The maximum atomic E-state index is 13.5. The van der Waals surface area contributed by atoms with Crippen LogP contribution in [0.1, 0.15) is 10.4 Å². The smallest absolute Gasteiger partial charge is 0.295 e. The molecule has 1 fully saturated rings. The second-order valence-electron chi connectivity index (χ2n) is 7.67. The highest BCUT2D eigenvalue weighted by molar-refractivity contribution is 7.99. The minimum Gasteiger partial charge on any atom is -0.364 e. The fourth-order valence-corrected chi connectivity index (χ4v) is 5.58. The number of hydrogen-bond donors (Lipinski definition) is 1. The Bertz CT molecular complexity index is 1250. The van der Waals surface area contributed by atoms with Crippen molar-refractivity contribution in [2.75, 3.05) is 35.6 Å². The summed E-state index contributed by atoms with van der Waals surface area (Å²) in [6.07, 6.45) is 0. The average Bonchev–Trinajstić information content (AvgIpc) is 2.91. The number of carbonyl (C=O) groups excluding carboxylic acids is 2. The van der Waals surface area contributed by atoms with Crippen LogP contribution in [-0.4, -0.2) is 56.3 Å². The van der Waals surface area contributed by atoms with Gasteiger partial charge in [-0.15, -0.1) is 0 Å². The fraction of sp³-hybridized carbons (Fsp3) is 0.200.